The second-order valence-electron chi connectivity index (χ2n) is 4.49. The van der Waals surface area contributed by atoms with Crippen molar-refractivity contribution >= 4 is 6.08 Å². The summed E-state index contributed by atoms with van der Waals surface area (Å²) in [6, 6.07) is 1.51. The van der Waals surface area contributed by atoms with Crippen molar-refractivity contribution in [3.8, 4) is 5.75 Å². The van der Waals surface area contributed by atoms with Crippen molar-refractivity contribution in [3.63, 3.8) is 0 Å². The first kappa shape index (κ1) is 12.6. The van der Waals surface area contributed by atoms with Crippen LogP contribution in [0.2, 0.25) is 0 Å². The van der Waals surface area contributed by atoms with E-state index < -0.39 is 5.63 Å². The zero-order valence-electron chi connectivity index (χ0n) is 10.2. The highest BCUT2D eigenvalue weighted by atomic mass is 16.4. The lowest BCUT2D eigenvalue weighted by Gasteiger charge is -2.05. The molecule has 0 atom stereocenters. The van der Waals surface area contributed by atoms with Crippen LogP contribution < -0.4 is 5.63 Å². The first-order valence-corrected chi connectivity index (χ1v) is 5.47. The Hall–Kier alpha value is -1.51. The van der Waals surface area contributed by atoms with Crippen LogP contribution in [-0.4, -0.2) is 5.11 Å². The van der Waals surface area contributed by atoms with E-state index in [-0.39, 0.29) is 17.2 Å². The van der Waals surface area contributed by atoms with Crippen molar-refractivity contribution in [2.45, 2.75) is 33.6 Å². The molecule has 3 nitrogen and oxygen atoms in total. The maximum Gasteiger partial charge on any atom is 0.346 e. The van der Waals surface area contributed by atoms with E-state index >= 15 is 0 Å². The third kappa shape index (κ3) is 2.99. The van der Waals surface area contributed by atoms with Gasteiger partial charge in [0.05, 0.1) is 0 Å². The van der Waals surface area contributed by atoms with E-state index in [9.17, 15) is 9.90 Å². The second kappa shape index (κ2) is 5.01. The quantitative estimate of drug-likeness (QED) is 0.854. The summed E-state index contributed by atoms with van der Waals surface area (Å²) in [5.74, 6) is 0.895. The molecule has 0 radical (unpaired) electrons. The summed E-state index contributed by atoms with van der Waals surface area (Å²) in [5.41, 5.74) is -0.265. The van der Waals surface area contributed by atoms with Crippen LogP contribution in [0.4, 0.5) is 0 Å². The molecule has 0 saturated heterocycles. The molecule has 0 aliphatic heterocycles. The highest BCUT2D eigenvalue weighted by Gasteiger charge is 2.10. The lowest BCUT2D eigenvalue weighted by atomic mass is 10.1. The minimum atomic E-state index is -0.486. The molecule has 0 fully saturated rings. The molecule has 3 heteroatoms. The zero-order chi connectivity index (χ0) is 12.3. The van der Waals surface area contributed by atoms with E-state index in [2.05, 4.69) is 0 Å². The molecule has 1 aromatic heterocycles. The van der Waals surface area contributed by atoms with Gasteiger partial charge in [-0.15, -0.1) is 0 Å². The van der Waals surface area contributed by atoms with E-state index in [4.69, 9.17) is 4.42 Å². The number of aromatic hydroxyl groups is 1. The number of rotatable bonds is 3. The summed E-state index contributed by atoms with van der Waals surface area (Å²) >= 11 is 0. The Morgan fingerprint density at radius 2 is 1.94 bits per heavy atom. The molecule has 0 spiro atoms. The molecule has 0 aromatic carbocycles. The molecule has 1 rings (SSSR count). The standard InChI is InChI=1S/C13H18O3/c1-8(2)5-6-10-11(14)7-12(9(3)4)16-13(10)15/h5-9,14H,1-4H3/b6-5+. The Kier molecular flexibility index (Phi) is 3.93. The molecular formula is C13H18O3. The average molecular weight is 222 g/mol. The molecule has 0 unspecified atom stereocenters. The lowest BCUT2D eigenvalue weighted by Crippen LogP contribution is -2.06. The third-order valence-electron chi connectivity index (χ3n) is 2.20. The van der Waals surface area contributed by atoms with Crippen LogP contribution in [0, 0.1) is 5.92 Å². The minimum absolute atomic E-state index is 0.0168. The Labute approximate surface area is 95.4 Å². The largest absolute Gasteiger partial charge is 0.507 e. The monoisotopic (exact) mass is 222 g/mol. The second-order valence-corrected chi connectivity index (χ2v) is 4.49. The molecule has 0 saturated carbocycles. The number of hydrogen-bond acceptors (Lipinski definition) is 3. The Morgan fingerprint density at radius 1 is 1.31 bits per heavy atom. The molecule has 1 heterocycles. The summed E-state index contributed by atoms with van der Waals surface area (Å²) in [5, 5.41) is 9.72. The highest BCUT2D eigenvalue weighted by Crippen LogP contribution is 2.21. The predicted octanol–water partition coefficient (Wildman–Crippen LogP) is 3.14. The van der Waals surface area contributed by atoms with Crippen molar-refractivity contribution in [2.24, 2.45) is 5.92 Å². The van der Waals surface area contributed by atoms with E-state index in [1.807, 2.05) is 33.8 Å². The topological polar surface area (TPSA) is 50.4 Å². The fraction of sp³-hybridized carbons (Fsp3) is 0.462. The number of hydrogen-bond donors (Lipinski definition) is 1. The molecule has 16 heavy (non-hydrogen) atoms. The van der Waals surface area contributed by atoms with Gasteiger partial charge in [0.15, 0.2) is 0 Å². The van der Waals surface area contributed by atoms with E-state index in [1.54, 1.807) is 6.08 Å². The Bertz CT molecular complexity index is 439. The Morgan fingerprint density at radius 3 is 2.38 bits per heavy atom. The summed E-state index contributed by atoms with van der Waals surface area (Å²) in [7, 11) is 0. The van der Waals surface area contributed by atoms with Crippen molar-refractivity contribution in [1.82, 2.24) is 0 Å². The maximum absolute atomic E-state index is 11.6. The van der Waals surface area contributed by atoms with E-state index in [1.165, 1.54) is 6.07 Å². The van der Waals surface area contributed by atoms with Gasteiger partial charge in [0.25, 0.3) is 0 Å². The zero-order valence-corrected chi connectivity index (χ0v) is 10.2. The van der Waals surface area contributed by atoms with Gasteiger partial charge in [-0.25, -0.2) is 4.79 Å². The summed E-state index contributed by atoms with van der Waals surface area (Å²) in [4.78, 5) is 11.6. The normalized spacial score (nSPS) is 11.9. The van der Waals surface area contributed by atoms with Gasteiger partial charge in [0.2, 0.25) is 0 Å². The summed E-state index contributed by atoms with van der Waals surface area (Å²) in [6.45, 7) is 7.80. The van der Waals surface area contributed by atoms with Crippen LogP contribution in [0.3, 0.4) is 0 Å². The average Bonchev–Trinajstić information content (AvgIpc) is 2.15. The Balaban J connectivity index is 3.18. The highest BCUT2D eigenvalue weighted by molar-refractivity contribution is 5.55. The van der Waals surface area contributed by atoms with Gasteiger partial charge in [-0.2, -0.15) is 0 Å². The SMILES string of the molecule is CC(C)/C=C/c1c(O)cc(C(C)C)oc1=O. The minimum Gasteiger partial charge on any atom is -0.507 e. The van der Waals surface area contributed by atoms with Crippen LogP contribution in [0.25, 0.3) is 6.08 Å². The van der Waals surface area contributed by atoms with Gasteiger partial charge in [-0.3, -0.25) is 0 Å². The van der Waals surface area contributed by atoms with Gasteiger partial charge in [-0.1, -0.05) is 33.8 Å². The van der Waals surface area contributed by atoms with Crippen molar-refractivity contribution < 1.29 is 9.52 Å². The lowest BCUT2D eigenvalue weighted by molar-refractivity contribution is 0.410. The molecule has 1 aromatic rings. The summed E-state index contributed by atoms with van der Waals surface area (Å²) in [6.07, 6.45) is 3.46. The van der Waals surface area contributed by atoms with E-state index in [0.717, 1.165) is 0 Å². The van der Waals surface area contributed by atoms with Crippen LogP contribution in [0.15, 0.2) is 21.4 Å². The molecule has 88 valence electrons. The fourth-order valence-electron chi connectivity index (χ4n) is 1.24. The molecule has 0 bridgehead atoms. The molecular weight excluding hydrogens is 204 g/mol. The molecule has 0 amide bonds. The van der Waals surface area contributed by atoms with Gasteiger partial charge in [-0.05, 0) is 12.0 Å². The van der Waals surface area contributed by atoms with Gasteiger partial charge in [0, 0.05) is 12.0 Å². The van der Waals surface area contributed by atoms with Crippen LogP contribution in [-0.2, 0) is 0 Å². The van der Waals surface area contributed by atoms with Crippen molar-refractivity contribution in [1.29, 1.82) is 0 Å². The number of allylic oxidation sites excluding steroid dienone is 1. The van der Waals surface area contributed by atoms with Crippen LogP contribution in [0.5, 0.6) is 5.75 Å². The van der Waals surface area contributed by atoms with Gasteiger partial charge >= 0.3 is 5.63 Å². The van der Waals surface area contributed by atoms with Crippen LogP contribution in [0.1, 0.15) is 44.9 Å². The summed E-state index contributed by atoms with van der Waals surface area (Å²) < 4.78 is 5.12. The van der Waals surface area contributed by atoms with Gasteiger partial charge < -0.3 is 9.52 Å². The first-order valence-electron chi connectivity index (χ1n) is 5.47. The smallest absolute Gasteiger partial charge is 0.346 e. The molecule has 0 aliphatic rings. The third-order valence-corrected chi connectivity index (χ3v) is 2.20. The van der Waals surface area contributed by atoms with Gasteiger partial charge in [0.1, 0.15) is 17.1 Å². The fourth-order valence-corrected chi connectivity index (χ4v) is 1.24. The molecule has 1 N–H and O–H groups in total. The van der Waals surface area contributed by atoms with Crippen LogP contribution >= 0.6 is 0 Å². The molecule has 0 aliphatic carbocycles. The van der Waals surface area contributed by atoms with Crippen molar-refractivity contribution in [3.05, 3.63) is 33.9 Å². The van der Waals surface area contributed by atoms with Crippen molar-refractivity contribution in [2.75, 3.05) is 0 Å². The predicted molar refractivity (Wildman–Crippen MR) is 64.6 cm³/mol. The maximum atomic E-state index is 11.6. The first-order chi connectivity index (χ1) is 7.41. The van der Waals surface area contributed by atoms with E-state index in [0.29, 0.717) is 11.7 Å².